The molecule has 3 rings (SSSR count). The molecule has 1 aromatic carbocycles. The Labute approximate surface area is 143 Å². The van der Waals surface area contributed by atoms with Crippen LogP contribution >= 0.6 is 22.9 Å². The first-order valence-corrected chi connectivity index (χ1v) is 8.50. The highest BCUT2D eigenvalue weighted by molar-refractivity contribution is 7.18. The minimum Gasteiger partial charge on any atom is -0.368 e. The smallest absolute Gasteiger partial charge is 0.258 e. The second-order valence-electron chi connectivity index (χ2n) is 5.29. The molecule has 1 aromatic heterocycles. The number of aromatic nitrogens is 2. The van der Waals surface area contributed by atoms with E-state index in [2.05, 4.69) is 20.8 Å². The molecule has 6 nitrogen and oxygen atoms in total. The van der Waals surface area contributed by atoms with Crippen LogP contribution in [0.4, 0.5) is 5.13 Å². The number of piperidine rings is 1. The molecule has 2 aromatic rings. The van der Waals surface area contributed by atoms with Crippen LogP contribution in [-0.2, 0) is 9.53 Å². The summed E-state index contributed by atoms with van der Waals surface area (Å²) in [6.45, 7) is 1.50. The van der Waals surface area contributed by atoms with E-state index in [-0.39, 0.29) is 5.91 Å². The van der Waals surface area contributed by atoms with Gasteiger partial charge in [0.2, 0.25) is 5.13 Å². The molecule has 122 valence electrons. The van der Waals surface area contributed by atoms with E-state index < -0.39 is 5.60 Å². The summed E-state index contributed by atoms with van der Waals surface area (Å²) in [4.78, 5) is 12.6. The number of carbonyl (C=O) groups excluding carboxylic acids is 1. The summed E-state index contributed by atoms with van der Waals surface area (Å²) in [7, 11) is 1.57. The monoisotopic (exact) mass is 352 g/mol. The highest BCUT2D eigenvalue weighted by Gasteiger charge is 2.40. The van der Waals surface area contributed by atoms with E-state index in [1.165, 1.54) is 11.3 Å². The quantitative estimate of drug-likeness (QED) is 0.884. The van der Waals surface area contributed by atoms with E-state index >= 15 is 0 Å². The molecule has 0 saturated carbocycles. The average Bonchev–Trinajstić information content (AvgIpc) is 3.04. The molecule has 1 fully saturated rings. The van der Waals surface area contributed by atoms with Crippen molar-refractivity contribution in [3.63, 3.8) is 0 Å². The summed E-state index contributed by atoms with van der Waals surface area (Å²) in [5.74, 6) is -0.177. The lowest BCUT2D eigenvalue weighted by molar-refractivity contribution is -0.140. The van der Waals surface area contributed by atoms with Crippen LogP contribution in [0.15, 0.2) is 24.3 Å². The Bertz CT molecular complexity index is 700. The van der Waals surface area contributed by atoms with Crippen LogP contribution in [0, 0.1) is 0 Å². The standard InChI is InChI=1S/C15H17ClN4O2S/c1-22-15(6-8-17-9-7-15)13(21)18-14-20-19-12(23-14)10-4-2-3-5-11(10)16/h2-5,17H,6-9H2,1H3,(H,18,20,21). The molecule has 2 heterocycles. The largest absolute Gasteiger partial charge is 0.368 e. The fraction of sp³-hybridized carbons (Fsp3) is 0.400. The van der Waals surface area contributed by atoms with Gasteiger partial charge in [0.1, 0.15) is 5.60 Å². The van der Waals surface area contributed by atoms with Crippen molar-refractivity contribution in [2.75, 3.05) is 25.5 Å². The lowest BCUT2D eigenvalue weighted by atomic mass is 9.91. The fourth-order valence-electron chi connectivity index (χ4n) is 2.58. The third-order valence-corrected chi connectivity index (χ3v) is 5.17. The number of carbonyl (C=O) groups is 1. The second kappa shape index (κ2) is 6.92. The zero-order chi connectivity index (χ0) is 16.3. The Morgan fingerprint density at radius 3 is 2.78 bits per heavy atom. The molecule has 0 bridgehead atoms. The van der Waals surface area contributed by atoms with Crippen molar-refractivity contribution in [1.29, 1.82) is 0 Å². The van der Waals surface area contributed by atoms with Crippen LogP contribution in [-0.4, -0.2) is 41.9 Å². The molecule has 0 aliphatic carbocycles. The number of methoxy groups -OCH3 is 1. The van der Waals surface area contributed by atoms with Gasteiger partial charge in [0.15, 0.2) is 5.01 Å². The second-order valence-corrected chi connectivity index (χ2v) is 6.68. The van der Waals surface area contributed by atoms with Gasteiger partial charge in [-0.05, 0) is 32.0 Å². The normalized spacial score (nSPS) is 17.0. The zero-order valence-electron chi connectivity index (χ0n) is 12.6. The molecule has 8 heteroatoms. The topological polar surface area (TPSA) is 76.1 Å². The molecular weight excluding hydrogens is 336 g/mol. The molecular formula is C15H17ClN4O2S. The molecule has 0 spiro atoms. The summed E-state index contributed by atoms with van der Waals surface area (Å²) in [6.07, 6.45) is 1.26. The highest BCUT2D eigenvalue weighted by Crippen LogP contribution is 2.32. The number of halogens is 1. The number of hydrogen-bond donors (Lipinski definition) is 2. The molecule has 1 saturated heterocycles. The third kappa shape index (κ3) is 3.37. The predicted molar refractivity (Wildman–Crippen MR) is 90.8 cm³/mol. The van der Waals surface area contributed by atoms with Crippen molar-refractivity contribution in [2.24, 2.45) is 0 Å². The lowest BCUT2D eigenvalue weighted by Gasteiger charge is -2.34. The number of ether oxygens (including phenoxy) is 1. The van der Waals surface area contributed by atoms with Crippen LogP contribution in [0.2, 0.25) is 5.02 Å². The maximum absolute atomic E-state index is 12.6. The van der Waals surface area contributed by atoms with Gasteiger partial charge in [-0.2, -0.15) is 0 Å². The van der Waals surface area contributed by atoms with Crippen LogP contribution in [0.1, 0.15) is 12.8 Å². The molecule has 0 atom stereocenters. The minimum atomic E-state index is -0.804. The Balaban J connectivity index is 1.76. The number of nitrogens with one attached hydrogen (secondary N) is 2. The van der Waals surface area contributed by atoms with Gasteiger partial charge in [-0.1, -0.05) is 41.1 Å². The summed E-state index contributed by atoms with van der Waals surface area (Å²) in [6, 6.07) is 7.41. The average molecular weight is 353 g/mol. The van der Waals surface area contributed by atoms with Gasteiger partial charge in [0, 0.05) is 12.7 Å². The van der Waals surface area contributed by atoms with Gasteiger partial charge in [0.25, 0.3) is 5.91 Å². The number of nitrogens with zero attached hydrogens (tertiary/aromatic N) is 2. The van der Waals surface area contributed by atoms with Gasteiger partial charge in [-0.25, -0.2) is 0 Å². The maximum atomic E-state index is 12.6. The molecule has 23 heavy (non-hydrogen) atoms. The Morgan fingerprint density at radius 1 is 1.35 bits per heavy atom. The van der Waals surface area contributed by atoms with Crippen molar-refractivity contribution in [3.05, 3.63) is 29.3 Å². The van der Waals surface area contributed by atoms with E-state index in [1.54, 1.807) is 13.2 Å². The molecule has 0 radical (unpaired) electrons. The third-order valence-electron chi connectivity index (χ3n) is 3.97. The van der Waals surface area contributed by atoms with E-state index in [0.717, 1.165) is 18.7 Å². The molecule has 1 aliphatic rings. The number of rotatable bonds is 4. The zero-order valence-corrected chi connectivity index (χ0v) is 14.2. The Morgan fingerprint density at radius 2 is 2.09 bits per heavy atom. The van der Waals surface area contributed by atoms with Crippen LogP contribution in [0.3, 0.4) is 0 Å². The van der Waals surface area contributed by atoms with E-state index in [0.29, 0.717) is 28.0 Å². The van der Waals surface area contributed by atoms with Gasteiger partial charge in [-0.3, -0.25) is 10.1 Å². The van der Waals surface area contributed by atoms with E-state index in [1.807, 2.05) is 18.2 Å². The number of benzene rings is 1. The van der Waals surface area contributed by atoms with Gasteiger partial charge in [-0.15, -0.1) is 10.2 Å². The summed E-state index contributed by atoms with van der Waals surface area (Å²) in [5, 5.41) is 15.9. The highest BCUT2D eigenvalue weighted by atomic mass is 35.5. The SMILES string of the molecule is COC1(C(=O)Nc2nnc(-c3ccccc3Cl)s2)CCNCC1. The van der Waals surface area contributed by atoms with Gasteiger partial charge < -0.3 is 10.1 Å². The van der Waals surface area contributed by atoms with E-state index in [9.17, 15) is 4.79 Å². The Hall–Kier alpha value is -1.54. The van der Waals surface area contributed by atoms with Crippen LogP contribution in [0.5, 0.6) is 0 Å². The lowest BCUT2D eigenvalue weighted by Crippen LogP contribution is -2.51. The summed E-state index contributed by atoms with van der Waals surface area (Å²) in [5.41, 5.74) is -0.00272. The number of anilines is 1. The van der Waals surface area contributed by atoms with Gasteiger partial charge in [0.05, 0.1) is 5.02 Å². The van der Waals surface area contributed by atoms with Crippen molar-refractivity contribution in [3.8, 4) is 10.6 Å². The first kappa shape index (κ1) is 16.3. The fourth-order valence-corrected chi connectivity index (χ4v) is 3.64. The van der Waals surface area contributed by atoms with Crippen molar-refractivity contribution in [2.45, 2.75) is 18.4 Å². The predicted octanol–water partition coefficient (Wildman–Crippen LogP) is 2.57. The number of amides is 1. The molecule has 0 unspecified atom stereocenters. The van der Waals surface area contributed by atoms with Crippen LogP contribution in [0.25, 0.3) is 10.6 Å². The van der Waals surface area contributed by atoms with Crippen molar-refractivity contribution >= 4 is 34.0 Å². The minimum absolute atomic E-state index is 0.177. The summed E-state index contributed by atoms with van der Waals surface area (Å²) < 4.78 is 5.51. The van der Waals surface area contributed by atoms with E-state index in [4.69, 9.17) is 16.3 Å². The van der Waals surface area contributed by atoms with Crippen molar-refractivity contribution in [1.82, 2.24) is 15.5 Å². The molecule has 1 aliphatic heterocycles. The van der Waals surface area contributed by atoms with Crippen LogP contribution < -0.4 is 10.6 Å². The Kier molecular flexibility index (Phi) is 4.91. The number of hydrogen-bond acceptors (Lipinski definition) is 6. The first-order valence-electron chi connectivity index (χ1n) is 7.30. The first-order chi connectivity index (χ1) is 11.1. The maximum Gasteiger partial charge on any atom is 0.258 e. The molecule has 1 amide bonds. The van der Waals surface area contributed by atoms with Crippen molar-refractivity contribution < 1.29 is 9.53 Å². The van der Waals surface area contributed by atoms with Gasteiger partial charge >= 0.3 is 0 Å². The summed E-state index contributed by atoms with van der Waals surface area (Å²) >= 11 is 7.46. The molecule has 2 N–H and O–H groups in total.